The fourth-order valence-corrected chi connectivity index (χ4v) is 2.17. The summed E-state index contributed by atoms with van der Waals surface area (Å²) in [6, 6.07) is 2.01. The molecule has 0 bridgehead atoms. The molecule has 0 saturated carbocycles. The van der Waals surface area contributed by atoms with Crippen molar-refractivity contribution in [2.75, 3.05) is 0 Å². The van der Waals surface area contributed by atoms with E-state index in [1.807, 2.05) is 21.4 Å². The summed E-state index contributed by atoms with van der Waals surface area (Å²) in [6.45, 7) is 2.11. The van der Waals surface area contributed by atoms with E-state index in [0.29, 0.717) is 5.28 Å². The molecule has 74 valence electrons. The van der Waals surface area contributed by atoms with Crippen LogP contribution in [0.1, 0.15) is 19.2 Å². The molecular weight excluding hydrogens is 218 g/mol. The molecule has 5 heteroatoms. The number of rotatable bonds is 3. The van der Waals surface area contributed by atoms with Gasteiger partial charge in [0.05, 0.1) is 5.69 Å². The maximum atomic E-state index is 5.97. The van der Waals surface area contributed by atoms with Crippen LogP contribution < -0.4 is 0 Å². The van der Waals surface area contributed by atoms with Crippen molar-refractivity contribution in [2.45, 2.75) is 19.8 Å². The van der Waals surface area contributed by atoms with Crippen LogP contribution in [0.2, 0.25) is 5.28 Å². The van der Waals surface area contributed by atoms with Crippen molar-refractivity contribution in [3.8, 4) is 5.69 Å². The molecule has 0 radical (unpaired) electrons. The third kappa shape index (κ3) is 1.67. The smallest absolute Gasteiger partial charge is 0.229 e. The Kier molecular flexibility index (Phi) is 2.84. The summed E-state index contributed by atoms with van der Waals surface area (Å²) in [6.07, 6.45) is 1.94. The van der Waals surface area contributed by atoms with Gasteiger partial charge in [-0.2, -0.15) is 11.3 Å². The molecular formula is C9H10ClN3S. The minimum atomic E-state index is 0.437. The number of halogens is 1. The summed E-state index contributed by atoms with van der Waals surface area (Å²) in [5, 5.41) is 12.4. The van der Waals surface area contributed by atoms with E-state index in [4.69, 9.17) is 11.6 Å². The van der Waals surface area contributed by atoms with Gasteiger partial charge in [0.25, 0.3) is 0 Å². The number of thiophene rings is 1. The van der Waals surface area contributed by atoms with E-state index in [-0.39, 0.29) is 0 Å². The van der Waals surface area contributed by atoms with Gasteiger partial charge in [0.2, 0.25) is 5.28 Å². The lowest BCUT2D eigenvalue weighted by molar-refractivity contribution is 0.804. The van der Waals surface area contributed by atoms with Crippen molar-refractivity contribution in [1.29, 1.82) is 0 Å². The molecule has 2 aromatic rings. The second kappa shape index (κ2) is 4.11. The molecule has 0 aromatic carbocycles. The van der Waals surface area contributed by atoms with Gasteiger partial charge in [-0.1, -0.05) is 6.92 Å². The molecule has 3 nitrogen and oxygen atoms in total. The van der Waals surface area contributed by atoms with Crippen LogP contribution in [0, 0.1) is 0 Å². The second-order valence-corrected chi connectivity index (χ2v) is 4.07. The number of hydrogen-bond donors (Lipinski definition) is 0. The van der Waals surface area contributed by atoms with Crippen molar-refractivity contribution in [3.05, 3.63) is 27.9 Å². The van der Waals surface area contributed by atoms with Crippen molar-refractivity contribution >= 4 is 22.9 Å². The maximum absolute atomic E-state index is 5.97. The molecule has 0 saturated heterocycles. The highest BCUT2D eigenvalue weighted by molar-refractivity contribution is 7.08. The molecule has 0 amide bonds. The van der Waals surface area contributed by atoms with E-state index in [9.17, 15) is 0 Å². The predicted octanol–water partition coefficient (Wildman–Crippen LogP) is 2.93. The first-order valence-electron chi connectivity index (χ1n) is 4.45. The molecule has 2 heterocycles. The Morgan fingerprint density at radius 1 is 1.50 bits per heavy atom. The van der Waals surface area contributed by atoms with Gasteiger partial charge in [-0.3, -0.25) is 4.57 Å². The Bertz CT molecular complexity index is 408. The SMILES string of the molecule is CCCc1nnc(Cl)n1-c1ccsc1. The Morgan fingerprint density at radius 3 is 3.00 bits per heavy atom. The number of hydrogen-bond acceptors (Lipinski definition) is 3. The molecule has 0 atom stereocenters. The van der Waals surface area contributed by atoms with Crippen molar-refractivity contribution in [1.82, 2.24) is 14.8 Å². The normalized spacial score (nSPS) is 10.7. The zero-order valence-electron chi connectivity index (χ0n) is 7.77. The van der Waals surface area contributed by atoms with Gasteiger partial charge in [0, 0.05) is 11.8 Å². The molecule has 0 aliphatic rings. The number of nitrogens with zero attached hydrogens (tertiary/aromatic N) is 3. The summed E-state index contributed by atoms with van der Waals surface area (Å²) in [7, 11) is 0. The molecule has 0 fully saturated rings. The molecule has 0 aliphatic carbocycles. The van der Waals surface area contributed by atoms with Gasteiger partial charge in [-0.05, 0) is 29.5 Å². The summed E-state index contributed by atoms with van der Waals surface area (Å²) in [4.78, 5) is 0. The Hall–Kier alpha value is -0.870. The highest BCUT2D eigenvalue weighted by Gasteiger charge is 2.10. The third-order valence-corrected chi connectivity index (χ3v) is 2.84. The number of aromatic nitrogens is 3. The summed E-state index contributed by atoms with van der Waals surface area (Å²) in [5.41, 5.74) is 1.05. The fourth-order valence-electron chi connectivity index (χ4n) is 1.32. The summed E-state index contributed by atoms with van der Waals surface area (Å²) >= 11 is 7.60. The van der Waals surface area contributed by atoms with Gasteiger partial charge < -0.3 is 0 Å². The largest absolute Gasteiger partial charge is 0.269 e. The Balaban J connectivity index is 2.45. The zero-order chi connectivity index (χ0) is 9.97. The third-order valence-electron chi connectivity index (χ3n) is 1.93. The zero-order valence-corrected chi connectivity index (χ0v) is 9.35. The highest BCUT2D eigenvalue weighted by atomic mass is 35.5. The minimum Gasteiger partial charge on any atom is -0.269 e. The van der Waals surface area contributed by atoms with Crippen LogP contribution in [0.15, 0.2) is 16.8 Å². The van der Waals surface area contributed by atoms with Crippen LogP contribution in [0.25, 0.3) is 5.69 Å². The van der Waals surface area contributed by atoms with E-state index in [0.717, 1.165) is 24.4 Å². The number of aryl methyl sites for hydroxylation is 1. The van der Waals surface area contributed by atoms with Gasteiger partial charge in [0.1, 0.15) is 5.82 Å². The van der Waals surface area contributed by atoms with Crippen molar-refractivity contribution in [3.63, 3.8) is 0 Å². The van der Waals surface area contributed by atoms with Crippen LogP contribution in [-0.4, -0.2) is 14.8 Å². The first-order chi connectivity index (χ1) is 6.83. The molecule has 0 unspecified atom stereocenters. The quantitative estimate of drug-likeness (QED) is 0.807. The highest BCUT2D eigenvalue weighted by Crippen LogP contribution is 2.19. The van der Waals surface area contributed by atoms with Crippen LogP contribution in [0.5, 0.6) is 0 Å². The first kappa shape index (κ1) is 9.68. The Labute approximate surface area is 91.4 Å². The van der Waals surface area contributed by atoms with Crippen LogP contribution >= 0.6 is 22.9 Å². The summed E-state index contributed by atoms with van der Waals surface area (Å²) < 4.78 is 1.89. The predicted molar refractivity (Wildman–Crippen MR) is 58.2 cm³/mol. The summed E-state index contributed by atoms with van der Waals surface area (Å²) in [5.74, 6) is 0.927. The van der Waals surface area contributed by atoms with E-state index in [2.05, 4.69) is 17.1 Å². The van der Waals surface area contributed by atoms with Crippen LogP contribution in [-0.2, 0) is 6.42 Å². The molecule has 0 N–H and O–H groups in total. The van der Waals surface area contributed by atoms with Crippen molar-refractivity contribution < 1.29 is 0 Å². The monoisotopic (exact) mass is 227 g/mol. The van der Waals surface area contributed by atoms with Gasteiger partial charge in [0.15, 0.2) is 0 Å². The molecule has 2 aromatic heterocycles. The average Bonchev–Trinajstić information content (AvgIpc) is 2.76. The lowest BCUT2D eigenvalue weighted by Gasteiger charge is -2.03. The van der Waals surface area contributed by atoms with Crippen LogP contribution in [0.4, 0.5) is 0 Å². The lowest BCUT2D eigenvalue weighted by Crippen LogP contribution is -1.99. The van der Waals surface area contributed by atoms with Gasteiger partial charge >= 0.3 is 0 Å². The van der Waals surface area contributed by atoms with E-state index < -0.39 is 0 Å². The first-order valence-corrected chi connectivity index (χ1v) is 5.77. The molecule has 14 heavy (non-hydrogen) atoms. The molecule has 0 spiro atoms. The van der Waals surface area contributed by atoms with Crippen LogP contribution in [0.3, 0.4) is 0 Å². The van der Waals surface area contributed by atoms with Crippen molar-refractivity contribution in [2.24, 2.45) is 0 Å². The molecule has 2 rings (SSSR count). The Morgan fingerprint density at radius 2 is 2.36 bits per heavy atom. The minimum absolute atomic E-state index is 0.437. The maximum Gasteiger partial charge on any atom is 0.229 e. The average molecular weight is 228 g/mol. The topological polar surface area (TPSA) is 30.7 Å². The fraction of sp³-hybridized carbons (Fsp3) is 0.333. The lowest BCUT2D eigenvalue weighted by atomic mass is 10.3. The second-order valence-electron chi connectivity index (χ2n) is 2.95. The van der Waals surface area contributed by atoms with E-state index >= 15 is 0 Å². The van der Waals surface area contributed by atoms with Gasteiger partial charge in [-0.15, -0.1) is 10.2 Å². The van der Waals surface area contributed by atoms with Gasteiger partial charge in [-0.25, -0.2) is 0 Å². The molecule has 0 aliphatic heterocycles. The standard InChI is InChI=1S/C9H10ClN3S/c1-2-3-8-11-12-9(10)13(8)7-4-5-14-6-7/h4-6H,2-3H2,1H3. The van der Waals surface area contributed by atoms with E-state index in [1.54, 1.807) is 11.3 Å². The van der Waals surface area contributed by atoms with E-state index in [1.165, 1.54) is 0 Å².